The summed E-state index contributed by atoms with van der Waals surface area (Å²) >= 11 is 0. The molecule has 3 heterocycles. The lowest BCUT2D eigenvalue weighted by molar-refractivity contribution is -0.139. The third-order valence-corrected chi connectivity index (χ3v) is 12.0. The van der Waals surface area contributed by atoms with Gasteiger partial charge in [-0.1, -0.05) is 70.2 Å². The van der Waals surface area contributed by atoms with E-state index in [1.54, 1.807) is 9.80 Å². The molecular formula is C46H59N7O8. The number of hydrogen-bond acceptors (Lipinski definition) is 9. The summed E-state index contributed by atoms with van der Waals surface area (Å²) in [5.41, 5.74) is 4.52. The highest BCUT2D eigenvalue weighted by atomic mass is 16.5. The second-order valence-electron chi connectivity index (χ2n) is 16.7. The molecule has 3 aliphatic rings. The summed E-state index contributed by atoms with van der Waals surface area (Å²) in [6.07, 6.45) is 2.79. The summed E-state index contributed by atoms with van der Waals surface area (Å²) in [6.45, 7) is 8.21. The van der Waals surface area contributed by atoms with Crippen molar-refractivity contribution in [1.82, 2.24) is 20.4 Å². The van der Waals surface area contributed by atoms with Crippen molar-refractivity contribution in [3.8, 4) is 0 Å². The van der Waals surface area contributed by atoms with Crippen LogP contribution in [0.15, 0.2) is 78.9 Å². The molecule has 15 heteroatoms. The number of amides is 6. The Morgan fingerprint density at radius 1 is 0.557 bits per heavy atom. The van der Waals surface area contributed by atoms with E-state index < -0.39 is 36.4 Å². The molecule has 0 spiro atoms. The lowest BCUT2D eigenvalue weighted by Gasteiger charge is -2.33. The highest BCUT2D eigenvalue weighted by Gasteiger charge is 2.41. The van der Waals surface area contributed by atoms with Gasteiger partial charge in [-0.2, -0.15) is 0 Å². The molecule has 0 radical (unpaired) electrons. The van der Waals surface area contributed by atoms with Crippen molar-refractivity contribution in [2.24, 2.45) is 11.8 Å². The fourth-order valence-corrected chi connectivity index (χ4v) is 8.82. The number of para-hydroxylation sites is 1. The molecule has 326 valence electrons. The van der Waals surface area contributed by atoms with Gasteiger partial charge in [-0.15, -0.1) is 0 Å². The summed E-state index contributed by atoms with van der Waals surface area (Å²) in [6, 6.07) is 23.2. The molecule has 0 aromatic heterocycles. The van der Waals surface area contributed by atoms with Crippen LogP contribution in [0.25, 0.3) is 0 Å². The molecule has 3 saturated heterocycles. The largest absolute Gasteiger partial charge is 0.453 e. The van der Waals surface area contributed by atoms with Crippen LogP contribution in [0.1, 0.15) is 89.4 Å². The van der Waals surface area contributed by atoms with Crippen LogP contribution < -0.4 is 26.2 Å². The van der Waals surface area contributed by atoms with E-state index >= 15 is 0 Å². The molecule has 3 fully saturated rings. The molecule has 2 unspecified atom stereocenters. The van der Waals surface area contributed by atoms with Crippen molar-refractivity contribution in [3.63, 3.8) is 0 Å². The summed E-state index contributed by atoms with van der Waals surface area (Å²) in [5.74, 6) is -1.54. The van der Waals surface area contributed by atoms with E-state index in [9.17, 15) is 28.8 Å². The molecule has 6 amide bonds. The maximum Gasteiger partial charge on any atom is 0.407 e. The van der Waals surface area contributed by atoms with E-state index in [-0.39, 0.29) is 47.5 Å². The van der Waals surface area contributed by atoms with E-state index in [4.69, 9.17) is 9.47 Å². The number of hydrogen-bond donors (Lipinski definition) is 4. The molecule has 6 atom stereocenters. The number of likely N-dealkylation sites (tertiary alicyclic amines) is 2. The SMILES string of the molecule is COC(=O)N[C@H](C(=O)N1CCC[C@H]1C(=O)Nc1ccc(C2CCC(c3ccc(NC(=O)[C@@H]4CCCN4C(=O)[C@@H](NC(=O)OC)C(C)C)cc3)N2c2ccccc2)cc1)C(C)C. The summed E-state index contributed by atoms with van der Waals surface area (Å²) in [5, 5.41) is 11.3. The lowest BCUT2D eigenvalue weighted by Crippen LogP contribution is -2.54. The van der Waals surface area contributed by atoms with E-state index in [0.717, 1.165) is 29.7 Å². The van der Waals surface area contributed by atoms with E-state index in [0.29, 0.717) is 50.1 Å². The zero-order valence-electron chi connectivity index (χ0n) is 35.9. The maximum absolute atomic E-state index is 13.6. The Hall–Kier alpha value is -6.12. The maximum atomic E-state index is 13.6. The van der Waals surface area contributed by atoms with Crippen LogP contribution in [-0.2, 0) is 28.7 Å². The van der Waals surface area contributed by atoms with Crippen LogP contribution in [0.2, 0.25) is 0 Å². The van der Waals surface area contributed by atoms with Crippen molar-refractivity contribution in [3.05, 3.63) is 90.0 Å². The Bertz CT molecular complexity index is 1900. The number of carbonyl (C=O) groups excluding carboxylic acids is 6. The predicted octanol–water partition coefficient (Wildman–Crippen LogP) is 6.39. The van der Waals surface area contributed by atoms with Gasteiger partial charge >= 0.3 is 12.2 Å². The van der Waals surface area contributed by atoms with Gasteiger partial charge in [0.1, 0.15) is 24.2 Å². The summed E-state index contributed by atoms with van der Waals surface area (Å²) in [7, 11) is 2.50. The van der Waals surface area contributed by atoms with Gasteiger partial charge in [0.2, 0.25) is 23.6 Å². The number of nitrogens with one attached hydrogen (secondary N) is 4. The smallest absolute Gasteiger partial charge is 0.407 e. The van der Waals surface area contributed by atoms with Crippen LogP contribution in [-0.4, -0.2) is 97.1 Å². The van der Waals surface area contributed by atoms with Crippen LogP contribution in [0.4, 0.5) is 26.7 Å². The molecule has 3 aromatic carbocycles. The average Bonchev–Trinajstić information content (AvgIpc) is 4.06. The topological polar surface area (TPSA) is 179 Å². The van der Waals surface area contributed by atoms with Crippen molar-refractivity contribution in [2.75, 3.05) is 42.8 Å². The zero-order valence-corrected chi connectivity index (χ0v) is 35.9. The van der Waals surface area contributed by atoms with Gasteiger partial charge < -0.3 is 45.4 Å². The molecular weight excluding hydrogens is 779 g/mol. The first-order chi connectivity index (χ1) is 29.3. The fraction of sp³-hybridized carbons (Fsp3) is 0.478. The standard InChI is InChI=1S/C46H59N7O8/c1-28(2)39(49-45(58)60-5)43(56)51-26-10-14-37(51)41(54)47-32-20-16-30(17-21-32)35-24-25-36(53(35)34-12-8-7-9-13-34)31-18-22-33(23-19-31)48-42(55)38-15-11-27-52(38)44(57)40(29(3)4)50-46(59)61-6/h7-9,12-13,16-23,28-29,35-40H,10-11,14-15,24-27H2,1-6H3,(H,47,54)(H,48,55)(H,49,58)(H,50,59)/t35?,36?,37-,38-,39-,40-/m0/s1. The number of alkyl carbamates (subject to hydrolysis) is 2. The molecule has 3 aliphatic heterocycles. The second-order valence-corrected chi connectivity index (χ2v) is 16.7. The molecule has 0 aliphatic carbocycles. The van der Waals surface area contributed by atoms with Gasteiger partial charge in [0.05, 0.1) is 26.3 Å². The first-order valence-corrected chi connectivity index (χ1v) is 21.3. The van der Waals surface area contributed by atoms with E-state index in [1.165, 1.54) is 14.2 Å². The Balaban J connectivity index is 1.12. The van der Waals surface area contributed by atoms with Gasteiger partial charge in [-0.3, -0.25) is 19.2 Å². The van der Waals surface area contributed by atoms with Crippen molar-refractivity contribution in [2.45, 2.75) is 102 Å². The first kappa shape index (κ1) is 44.4. The number of carbonyl (C=O) groups is 6. The first-order valence-electron chi connectivity index (χ1n) is 21.3. The molecule has 6 rings (SSSR count). The van der Waals surface area contributed by atoms with Crippen molar-refractivity contribution >= 4 is 52.9 Å². The second kappa shape index (κ2) is 20.0. The number of benzene rings is 3. The highest BCUT2D eigenvalue weighted by Crippen LogP contribution is 2.47. The summed E-state index contributed by atoms with van der Waals surface area (Å²) < 4.78 is 9.45. The van der Waals surface area contributed by atoms with E-state index in [2.05, 4.69) is 38.3 Å². The van der Waals surface area contributed by atoms with Gasteiger partial charge in [-0.05, 0) is 97.9 Å². The molecule has 3 aromatic rings. The Morgan fingerprint density at radius 3 is 1.31 bits per heavy atom. The number of anilines is 3. The number of methoxy groups -OCH3 is 2. The molecule has 4 N–H and O–H groups in total. The van der Waals surface area contributed by atoms with Crippen molar-refractivity contribution < 1.29 is 38.2 Å². The third-order valence-electron chi connectivity index (χ3n) is 12.0. The Labute approximate surface area is 357 Å². The lowest BCUT2D eigenvalue weighted by atomic mass is 10.0. The average molecular weight is 838 g/mol. The van der Waals surface area contributed by atoms with Crippen molar-refractivity contribution in [1.29, 1.82) is 0 Å². The zero-order chi connectivity index (χ0) is 43.8. The minimum Gasteiger partial charge on any atom is -0.453 e. The number of rotatable bonds is 13. The predicted molar refractivity (Wildman–Crippen MR) is 232 cm³/mol. The highest BCUT2D eigenvalue weighted by molar-refractivity contribution is 5.99. The van der Waals surface area contributed by atoms with Gasteiger partial charge in [0.15, 0.2) is 0 Å². The third kappa shape index (κ3) is 10.3. The van der Waals surface area contributed by atoms with Gasteiger partial charge in [0.25, 0.3) is 0 Å². The molecule has 0 saturated carbocycles. The van der Waals surface area contributed by atoms with Crippen LogP contribution in [0, 0.1) is 11.8 Å². The van der Waals surface area contributed by atoms with Crippen LogP contribution in [0.3, 0.4) is 0 Å². The molecule has 15 nitrogen and oxygen atoms in total. The Kier molecular flexibility index (Phi) is 14.5. The molecule has 0 bridgehead atoms. The van der Waals surface area contributed by atoms with Crippen LogP contribution >= 0.6 is 0 Å². The summed E-state index contributed by atoms with van der Waals surface area (Å²) in [4.78, 5) is 83.6. The molecule has 61 heavy (non-hydrogen) atoms. The monoisotopic (exact) mass is 837 g/mol. The minimum absolute atomic E-state index is 0.0453. The fourth-order valence-electron chi connectivity index (χ4n) is 8.82. The number of ether oxygens (including phenoxy) is 2. The van der Waals surface area contributed by atoms with E-state index in [1.807, 2.05) is 94.4 Å². The normalized spacial score (nSPS) is 20.9. The van der Waals surface area contributed by atoms with Gasteiger partial charge in [-0.25, -0.2) is 9.59 Å². The quantitative estimate of drug-likeness (QED) is 0.152. The minimum atomic E-state index is -0.809. The van der Waals surface area contributed by atoms with Crippen LogP contribution in [0.5, 0.6) is 0 Å². The number of nitrogens with zero attached hydrogens (tertiary/aromatic N) is 3. The van der Waals surface area contributed by atoms with Gasteiger partial charge in [0, 0.05) is 30.2 Å². The Morgan fingerprint density at radius 2 is 0.951 bits per heavy atom.